The molecule has 0 bridgehead atoms. The molecule has 0 amide bonds. The predicted molar refractivity (Wildman–Crippen MR) is 71.8 cm³/mol. The van der Waals surface area contributed by atoms with Crippen LogP contribution in [0.4, 0.5) is 17.5 Å². The van der Waals surface area contributed by atoms with E-state index < -0.39 is 4.92 Å². The largest absolute Gasteiger partial charge is 0.351 e. The SMILES string of the molecule is Cc1nc(NN)nc(N2CCC(C)CC2)c1[N+](=O)[O-]. The summed E-state index contributed by atoms with van der Waals surface area (Å²) < 4.78 is 0. The van der Waals surface area contributed by atoms with Crippen molar-refractivity contribution in [1.82, 2.24) is 9.97 Å². The maximum absolute atomic E-state index is 11.2. The lowest BCUT2D eigenvalue weighted by Gasteiger charge is -2.31. The molecule has 0 atom stereocenters. The summed E-state index contributed by atoms with van der Waals surface area (Å²) in [5, 5.41) is 11.2. The van der Waals surface area contributed by atoms with Gasteiger partial charge in [0.05, 0.1) is 4.92 Å². The van der Waals surface area contributed by atoms with Crippen molar-refractivity contribution in [1.29, 1.82) is 0 Å². The fourth-order valence-electron chi connectivity index (χ4n) is 2.27. The highest BCUT2D eigenvalue weighted by Gasteiger charge is 2.28. The topological polar surface area (TPSA) is 110 Å². The number of nitrogen functional groups attached to an aromatic ring is 1. The van der Waals surface area contributed by atoms with E-state index in [9.17, 15) is 10.1 Å². The van der Waals surface area contributed by atoms with Crippen LogP contribution >= 0.6 is 0 Å². The molecule has 3 N–H and O–H groups in total. The van der Waals surface area contributed by atoms with Crippen molar-refractivity contribution in [3.05, 3.63) is 15.8 Å². The summed E-state index contributed by atoms with van der Waals surface area (Å²) in [6, 6.07) is 0. The zero-order valence-electron chi connectivity index (χ0n) is 11.1. The van der Waals surface area contributed by atoms with Crippen LogP contribution in [0.2, 0.25) is 0 Å². The minimum atomic E-state index is -0.428. The van der Waals surface area contributed by atoms with Crippen molar-refractivity contribution in [3.8, 4) is 0 Å². The summed E-state index contributed by atoms with van der Waals surface area (Å²) in [5.41, 5.74) is 2.64. The summed E-state index contributed by atoms with van der Waals surface area (Å²) >= 11 is 0. The molecule has 1 fully saturated rings. The molecule has 0 saturated carbocycles. The predicted octanol–water partition coefficient (Wildman–Crippen LogP) is 1.22. The summed E-state index contributed by atoms with van der Waals surface area (Å²) in [6.07, 6.45) is 2.01. The smallest absolute Gasteiger partial charge is 0.332 e. The second kappa shape index (κ2) is 5.35. The molecule has 2 heterocycles. The Labute approximate surface area is 111 Å². The Hall–Kier alpha value is -1.96. The third kappa shape index (κ3) is 2.73. The molecular formula is C11H18N6O2. The van der Waals surface area contributed by atoms with E-state index in [1.54, 1.807) is 6.92 Å². The summed E-state index contributed by atoms with van der Waals surface area (Å²) in [4.78, 5) is 20.8. The van der Waals surface area contributed by atoms with E-state index in [0.717, 1.165) is 25.9 Å². The number of nitrogens with one attached hydrogen (secondary N) is 1. The number of nitrogens with zero attached hydrogens (tertiary/aromatic N) is 4. The number of aryl methyl sites for hydroxylation is 1. The van der Waals surface area contributed by atoms with Gasteiger partial charge in [-0.15, -0.1) is 0 Å². The lowest BCUT2D eigenvalue weighted by atomic mass is 9.99. The van der Waals surface area contributed by atoms with Crippen molar-refractivity contribution in [2.45, 2.75) is 26.7 Å². The maximum Gasteiger partial charge on any atom is 0.332 e. The zero-order chi connectivity index (χ0) is 14.0. The van der Waals surface area contributed by atoms with Crippen LogP contribution in [0.25, 0.3) is 0 Å². The summed E-state index contributed by atoms with van der Waals surface area (Å²) in [6.45, 7) is 5.31. The van der Waals surface area contributed by atoms with Crippen LogP contribution in [-0.2, 0) is 0 Å². The Morgan fingerprint density at radius 1 is 1.42 bits per heavy atom. The number of aromatic nitrogens is 2. The van der Waals surface area contributed by atoms with Crippen LogP contribution in [0.5, 0.6) is 0 Å². The van der Waals surface area contributed by atoms with Crippen molar-refractivity contribution in [2.75, 3.05) is 23.4 Å². The van der Waals surface area contributed by atoms with Gasteiger partial charge in [0.2, 0.25) is 11.8 Å². The second-order valence-corrected chi connectivity index (χ2v) is 4.88. The maximum atomic E-state index is 11.2. The molecule has 0 unspecified atom stereocenters. The molecule has 19 heavy (non-hydrogen) atoms. The number of hydrogen-bond acceptors (Lipinski definition) is 7. The van der Waals surface area contributed by atoms with Gasteiger partial charge >= 0.3 is 5.69 Å². The Bertz CT molecular complexity index is 484. The normalized spacial score (nSPS) is 16.5. The third-order valence-electron chi connectivity index (χ3n) is 3.43. The van der Waals surface area contributed by atoms with Gasteiger partial charge < -0.3 is 4.90 Å². The van der Waals surface area contributed by atoms with Gasteiger partial charge in [0, 0.05) is 13.1 Å². The highest BCUT2D eigenvalue weighted by Crippen LogP contribution is 2.32. The van der Waals surface area contributed by atoms with Crippen molar-refractivity contribution in [3.63, 3.8) is 0 Å². The number of nitro groups is 1. The fraction of sp³-hybridized carbons (Fsp3) is 0.636. The van der Waals surface area contributed by atoms with Crippen LogP contribution in [0.3, 0.4) is 0 Å². The molecule has 0 aliphatic carbocycles. The van der Waals surface area contributed by atoms with Gasteiger partial charge in [-0.3, -0.25) is 15.5 Å². The molecule has 1 aromatic rings. The van der Waals surface area contributed by atoms with Crippen LogP contribution < -0.4 is 16.2 Å². The highest BCUT2D eigenvalue weighted by molar-refractivity contribution is 5.62. The van der Waals surface area contributed by atoms with Gasteiger partial charge in [0.15, 0.2) is 0 Å². The quantitative estimate of drug-likeness (QED) is 0.480. The van der Waals surface area contributed by atoms with Gasteiger partial charge in [-0.2, -0.15) is 4.98 Å². The first kappa shape index (κ1) is 13.5. The minimum Gasteiger partial charge on any atom is -0.351 e. The summed E-state index contributed by atoms with van der Waals surface area (Å²) in [7, 11) is 0. The van der Waals surface area contributed by atoms with Crippen LogP contribution in [0, 0.1) is 23.0 Å². The van der Waals surface area contributed by atoms with E-state index in [1.165, 1.54) is 0 Å². The molecule has 8 heteroatoms. The number of hydrogen-bond donors (Lipinski definition) is 2. The minimum absolute atomic E-state index is 0.0337. The number of hydrazine groups is 1. The van der Waals surface area contributed by atoms with E-state index in [1.807, 2.05) is 4.90 Å². The Kier molecular flexibility index (Phi) is 3.79. The van der Waals surface area contributed by atoms with Crippen LogP contribution in [0.1, 0.15) is 25.5 Å². The van der Waals surface area contributed by atoms with Crippen molar-refractivity contribution in [2.24, 2.45) is 11.8 Å². The Morgan fingerprint density at radius 2 is 2.05 bits per heavy atom. The Morgan fingerprint density at radius 3 is 2.58 bits per heavy atom. The number of rotatable bonds is 3. The van der Waals surface area contributed by atoms with Crippen LogP contribution in [0.15, 0.2) is 0 Å². The van der Waals surface area contributed by atoms with E-state index in [4.69, 9.17) is 5.84 Å². The molecule has 2 rings (SSSR count). The monoisotopic (exact) mass is 266 g/mol. The lowest BCUT2D eigenvalue weighted by molar-refractivity contribution is -0.385. The van der Waals surface area contributed by atoms with Gasteiger partial charge in [-0.1, -0.05) is 6.92 Å². The molecule has 1 aliphatic rings. The third-order valence-corrected chi connectivity index (χ3v) is 3.43. The first-order chi connectivity index (χ1) is 9.02. The van der Waals surface area contributed by atoms with Gasteiger partial charge in [0.1, 0.15) is 5.69 Å². The molecule has 0 spiro atoms. The van der Waals surface area contributed by atoms with E-state index in [0.29, 0.717) is 17.4 Å². The number of piperidine rings is 1. The fourth-order valence-corrected chi connectivity index (χ4v) is 2.27. The highest BCUT2D eigenvalue weighted by atomic mass is 16.6. The molecule has 0 aromatic carbocycles. The van der Waals surface area contributed by atoms with E-state index in [-0.39, 0.29) is 11.6 Å². The average Bonchev–Trinajstić information content (AvgIpc) is 2.38. The molecule has 104 valence electrons. The first-order valence-corrected chi connectivity index (χ1v) is 6.27. The van der Waals surface area contributed by atoms with E-state index >= 15 is 0 Å². The zero-order valence-corrected chi connectivity index (χ0v) is 11.1. The van der Waals surface area contributed by atoms with Gasteiger partial charge in [-0.25, -0.2) is 10.8 Å². The molecule has 1 aromatic heterocycles. The molecule has 1 saturated heterocycles. The molecular weight excluding hydrogens is 248 g/mol. The van der Waals surface area contributed by atoms with E-state index in [2.05, 4.69) is 22.3 Å². The van der Waals surface area contributed by atoms with Gasteiger partial charge in [-0.05, 0) is 25.7 Å². The molecule has 1 aliphatic heterocycles. The molecule has 8 nitrogen and oxygen atoms in total. The summed E-state index contributed by atoms with van der Waals surface area (Å²) in [5.74, 6) is 6.51. The first-order valence-electron chi connectivity index (χ1n) is 6.27. The van der Waals surface area contributed by atoms with Crippen molar-refractivity contribution < 1.29 is 4.92 Å². The Balaban J connectivity index is 2.41. The lowest BCUT2D eigenvalue weighted by Crippen LogP contribution is -2.34. The average molecular weight is 266 g/mol. The number of nitrogens with two attached hydrogens (primary N) is 1. The van der Waals surface area contributed by atoms with Crippen LogP contribution in [-0.4, -0.2) is 28.0 Å². The van der Waals surface area contributed by atoms with Gasteiger partial charge in [0.25, 0.3) is 0 Å². The second-order valence-electron chi connectivity index (χ2n) is 4.88. The standard InChI is InChI=1S/C11H18N6O2/c1-7-3-5-16(6-4-7)10-9(17(18)19)8(2)13-11(14-10)15-12/h7H,3-6,12H2,1-2H3,(H,13,14,15). The van der Waals surface area contributed by atoms with Crippen molar-refractivity contribution >= 4 is 17.5 Å². The number of anilines is 2. The molecule has 0 radical (unpaired) electrons.